The molecule has 0 aromatic carbocycles. The molecule has 0 amide bonds. The summed E-state index contributed by atoms with van der Waals surface area (Å²) in [5.41, 5.74) is 4.94. The van der Waals surface area contributed by atoms with Crippen LogP contribution in [0, 0.1) is 0 Å². The lowest BCUT2D eigenvalue weighted by Gasteiger charge is -2.10. The van der Waals surface area contributed by atoms with Crippen molar-refractivity contribution in [1.82, 2.24) is 0 Å². The van der Waals surface area contributed by atoms with Crippen LogP contribution >= 0.6 is 11.3 Å². The molecule has 1 saturated carbocycles. The molecule has 13 heavy (non-hydrogen) atoms. The van der Waals surface area contributed by atoms with Gasteiger partial charge >= 0.3 is 0 Å². The van der Waals surface area contributed by atoms with E-state index in [-0.39, 0.29) is 0 Å². The molecule has 0 radical (unpaired) electrons. The maximum absolute atomic E-state index is 3.43. The molecule has 0 bridgehead atoms. The summed E-state index contributed by atoms with van der Waals surface area (Å²) in [6, 6.07) is 4.23. The van der Waals surface area contributed by atoms with Gasteiger partial charge in [0.25, 0.3) is 0 Å². The van der Waals surface area contributed by atoms with Gasteiger partial charge in [-0.05, 0) is 48.8 Å². The van der Waals surface area contributed by atoms with E-state index in [1.807, 2.05) is 0 Å². The van der Waals surface area contributed by atoms with Crippen molar-refractivity contribution in [3.8, 4) is 0 Å². The lowest BCUT2D eigenvalue weighted by Crippen LogP contribution is -1.91. The van der Waals surface area contributed by atoms with Crippen LogP contribution in [-0.4, -0.2) is 0 Å². The highest BCUT2D eigenvalue weighted by Gasteiger charge is 2.03. The molecule has 0 nitrogen and oxygen atoms in total. The van der Waals surface area contributed by atoms with Gasteiger partial charge in [0, 0.05) is 4.88 Å². The summed E-state index contributed by atoms with van der Waals surface area (Å²) in [7, 11) is 0. The summed E-state index contributed by atoms with van der Waals surface area (Å²) in [5.74, 6) is 0. The van der Waals surface area contributed by atoms with Gasteiger partial charge in [-0.15, -0.1) is 17.1 Å². The van der Waals surface area contributed by atoms with Gasteiger partial charge in [-0.1, -0.05) is 12.5 Å². The third-order valence-corrected chi connectivity index (χ3v) is 3.24. The third-order valence-electron chi connectivity index (χ3n) is 2.42. The van der Waals surface area contributed by atoms with Crippen LogP contribution in [0.3, 0.4) is 0 Å². The van der Waals surface area contributed by atoms with E-state index in [0.29, 0.717) is 0 Å². The summed E-state index contributed by atoms with van der Waals surface area (Å²) in [5, 5.41) is 2.11. The molecule has 1 heteroatoms. The van der Waals surface area contributed by atoms with Crippen molar-refractivity contribution in [3.63, 3.8) is 0 Å². The van der Waals surface area contributed by atoms with E-state index in [1.54, 1.807) is 11.3 Å². The van der Waals surface area contributed by atoms with E-state index in [4.69, 9.17) is 0 Å². The molecular weight excluding hydrogens is 176 g/mol. The molecule has 0 aliphatic heterocycles. The fourth-order valence-corrected chi connectivity index (χ4v) is 2.27. The minimum absolute atomic E-state index is 1.27. The molecule has 1 aromatic heterocycles. The van der Waals surface area contributed by atoms with Crippen molar-refractivity contribution in [2.24, 2.45) is 0 Å². The zero-order valence-electron chi connectivity index (χ0n) is 7.75. The van der Waals surface area contributed by atoms with Crippen LogP contribution in [-0.2, 0) is 0 Å². The Bertz CT molecular complexity index is 305. The van der Waals surface area contributed by atoms with Gasteiger partial charge in [-0.2, -0.15) is 0 Å². The van der Waals surface area contributed by atoms with E-state index < -0.39 is 0 Å². The smallest absolute Gasteiger partial charge is 0.0347 e. The minimum atomic E-state index is 1.27. The van der Waals surface area contributed by atoms with Crippen LogP contribution < -0.4 is 0 Å². The average Bonchev–Trinajstić information content (AvgIpc) is 2.69. The summed E-state index contributed by atoms with van der Waals surface area (Å²) >= 11 is 1.78. The Morgan fingerprint density at radius 3 is 2.77 bits per heavy atom. The largest absolute Gasteiger partial charge is 0.144 e. The summed E-state index contributed by atoms with van der Waals surface area (Å²) < 4.78 is 0. The van der Waals surface area contributed by atoms with Gasteiger partial charge in [0.05, 0.1) is 0 Å². The molecule has 2 rings (SSSR count). The first-order valence-corrected chi connectivity index (χ1v) is 5.81. The van der Waals surface area contributed by atoms with Crippen molar-refractivity contribution in [2.45, 2.75) is 32.1 Å². The molecule has 1 aromatic rings. The highest BCUT2D eigenvalue weighted by Crippen LogP contribution is 2.22. The van der Waals surface area contributed by atoms with Crippen molar-refractivity contribution >= 4 is 17.4 Å². The van der Waals surface area contributed by atoms with Crippen molar-refractivity contribution in [1.29, 1.82) is 0 Å². The molecule has 0 atom stereocenters. The topological polar surface area (TPSA) is 0 Å². The monoisotopic (exact) mass is 190 g/mol. The van der Waals surface area contributed by atoms with Gasteiger partial charge in [0.15, 0.2) is 0 Å². The van der Waals surface area contributed by atoms with E-state index in [9.17, 15) is 0 Å². The Hall–Kier alpha value is -0.780. The molecule has 1 fully saturated rings. The Morgan fingerprint density at radius 1 is 1.23 bits per heavy atom. The maximum Gasteiger partial charge on any atom is 0.0347 e. The molecule has 1 heterocycles. The fourth-order valence-electron chi connectivity index (χ4n) is 1.67. The van der Waals surface area contributed by atoms with Gasteiger partial charge in [0.2, 0.25) is 0 Å². The van der Waals surface area contributed by atoms with E-state index in [1.165, 1.54) is 42.6 Å². The Kier molecular flexibility index (Phi) is 3.02. The first kappa shape index (κ1) is 8.80. The predicted molar refractivity (Wildman–Crippen MR) is 58.9 cm³/mol. The summed E-state index contributed by atoms with van der Waals surface area (Å²) in [6.45, 7) is 0. The first-order chi connectivity index (χ1) is 6.45. The van der Waals surface area contributed by atoms with Crippen molar-refractivity contribution < 1.29 is 0 Å². The molecule has 0 N–H and O–H groups in total. The molecular formula is C12H14S. The predicted octanol–water partition coefficient (Wildman–Crippen LogP) is 4.25. The highest BCUT2D eigenvalue weighted by atomic mass is 32.1. The molecule has 1 aliphatic carbocycles. The number of hydrogen-bond acceptors (Lipinski definition) is 1. The highest BCUT2D eigenvalue weighted by molar-refractivity contribution is 7.10. The zero-order chi connectivity index (χ0) is 8.93. The van der Waals surface area contributed by atoms with E-state index in [2.05, 4.69) is 29.3 Å². The van der Waals surface area contributed by atoms with E-state index >= 15 is 0 Å². The molecule has 0 unspecified atom stereocenters. The van der Waals surface area contributed by atoms with Crippen LogP contribution in [0.15, 0.2) is 28.8 Å². The molecule has 0 saturated heterocycles. The number of rotatable bonds is 1. The summed E-state index contributed by atoms with van der Waals surface area (Å²) in [6.07, 6.45) is 8.79. The van der Waals surface area contributed by atoms with Crippen LogP contribution in [0.5, 0.6) is 0 Å². The zero-order valence-corrected chi connectivity index (χ0v) is 8.57. The molecule has 1 aliphatic rings. The Morgan fingerprint density at radius 2 is 2.08 bits per heavy atom. The van der Waals surface area contributed by atoms with Gasteiger partial charge < -0.3 is 0 Å². The van der Waals surface area contributed by atoms with Gasteiger partial charge in [0.1, 0.15) is 0 Å². The average molecular weight is 190 g/mol. The van der Waals surface area contributed by atoms with Gasteiger partial charge in [-0.3, -0.25) is 0 Å². The first-order valence-electron chi connectivity index (χ1n) is 4.93. The van der Waals surface area contributed by atoms with E-state index in [0.717, 1.165) is 0 Å². The molecule has 68 valence electrons. The normalized spacial score (nSPS) is 16.8. The maximum atomic E-state index is 3.43. The SMILES string of the molecule is C(=Cc1cccs1)=C1CCCCC1. The number of thiophene rings is 1. The Balaban J connectivity index is 2.09. The second-order valence-corrected chi connectivity index (χ2v) is 4.45. The standard InChI is InChI=1S/C12H14S/c1-2-5-11(6-3-1)8-9-12-7-4-10-13-12/h4,7,9-10H,1-3,5-6H2. The van der Waals surface area contributed by atoms with Gasteiger partial charge in [-0.25, -0.2) is 0 Å². The second kappa shape index (κ2) is 4.45. The van der Waals surface area contributed by atoms with Crippen LogP contribution in [0.25, 0.3) is 6.08 Å². The fraction of sp³-hybridized carbons (Fsp3) is 0.417. The number of hydrogen-bond donors (Lipinski definition) is 0. The quantitative estimate of drug-likeness (QED) is 0.581. The lowest BCUT2D eigenvalue weighted by atomic mass is 9.96. The molecule has 0 spiro atoms. The van der Waals surface area contributed by atoms with Crippen LogP contribution in [0.1, 0.15) is 37.0 Å². The Labute approximate surface area is 83.6 Å². The third kappa shape index (κ3) is 2.58. The second-order valence-electron chi connectivity index (χ2n) is 3.47. The van der Waals surface area contributed by atoms with Crippen LogP contribution in [0.2, 0.25) is 0 Å². The number of allylic oxidation sites excluding steroid dienone is 1. The van der Waals surface area contributed by atoms with Crippen molar-refractivity contribution in [3.05, 3.63) is 33.7 Å². The van der Waals surface area contributed by atoms with Crippen LogP contribution in [0.4, 0.5) is 0 Å². The van der Waals surface area contributed by atoms with Crippen molar-refractivity contribution in [2.75, 3.05) is 0 Å². The minimum Gasteiger partial charge on any atom is -0.144 e. The lowest BCUT2D eigenvalue weighted by molar-refractivity contribution is 0.600. The summed E-state index contributed by atoms with van der Waals surface area (Å²) in [4.78, 5) is 1.32.